The Morgan fingerprint density at radius 1 is 1.40 bits per heavy atom. The largest absolute Gasteiger partial charge is 0.343 e. The van der Waals surface area contributed by atoms with E-state index in [0.29, 0.717) is 15.5 Å². The van der Waals surface area contributed by atoms with Gasteiger partial charge in [-0.2, -0.15) is 0 Å². The van der Waals surface area contributed by atoms with Crippen LogP contribution >= 0.6 is 22.9 Å². The molecule has 0 aliphatic carbocycles. The van der Waals surface area contributed by atoms with Gasteiger partial charge in [0.15, 0.2) is 5.13 Å². The van der Waals surface area contributed by atoms with Crippen molar-refractivity contribution in [1.82, 2.24) is 9.88 Å². The summed E-state index contributed by atoms with van der Waals surface area (Å²) in [6.07, 6.45) is 1.70. The Morgan fingerprint density at radius 2 is 2.08 bits per heavy atom. The van der Waals surface area contributed by atoms with Crippen LogP contribution in [0.15, 0.2) is 29.3 Å². The highest BCUT2D eigenvalue weighted by atomic mass is 35.5. The molecule has 0 spiro atoms. The molecule has 6 nitrogen and oxygen atoms in total. The molecule has 0 saturated carbocycles. The van der Waals surface area contributed by atoms with Crippen LogP contribution in [-0.4, -0.2) is 37.3 Å². The molecule has 1 amide bonds. The number of nitrogens with one attached hydrogen (secondary N) is 1. The van der Waals surface area contributed by atoms with Crippen LogP contribution in [0, 0.1) is 6.92 Å². The summed E-state index contributed by atoms with van der Waals surface area (Å²) in [6.45, 7) is 5.50. The number of rotatable bonds is 6. The predicted molar refractivity (Wildman–Crippen MR) is 101 cm³/mol. The van der Waals surface area contributed by atoms with Crippen LogP contribution in [0.5, 0.6) is 0 Å². The molecule has 0 atom stereocenters. The number of halogens is 1. The summed E-state index contributed by atoms with van der Waals surface area (Å²) >= 11 is 7.13. The molecule has 0 aliphatic heterocycles. The topological polar surface area (TPSA) is 79.4 Å². The number of sulfonamides is 1. The van der Waals surface area contributed by atoms with Crippen molar-refractivity contribution in [1.29, 1.82) is 0 Å². The Hall–Kier alpha value is -1.64. The summed E-state index contributed by atoms with van der Waals surface area (Å²) in [5, 5.41) is 0.597. The average Bonchev–Trinajstić information content (AvgIpc) is 2.94. The van der Waals surface area contributed by atoms with E-state index < -0.39 is 10.0 Å². The fraction of sp³-hybridized carbons (Fsp3) is 0.375. The lowest BCUT2D eigenvalue weighted by Crippen LogP contribution is -2.33. The third kappa shape index (κ3) is 4.71. The number of thiazole rings is 1. The minimum absolute atomic E-state index is 0.0428. The standard InChI is InChI=1S/C16H20ClN3O3S2/c1-10(2)20(4)15(21)8-12-9-18-16(24-12)19-25(22,23)14-7-5-6-13(17)11(14)3/h5-7,9-10H,8H2,1-4H3,(H,18,19). The van der Waals surface area contributed by atoms with Crippen LogP contribution in [-0.2, 0) is 21.2 Å². The minimum Gasteiger partial charge on any atom is -0.343 e. The van der Waals surface area contributed by atoms with Crippen LogP contribution in [0.1, 0.15) is 24.3 Å². The van der Waals surface area contributed by atoms with Gasteiger partial charge in [-0.3, -0.25) is 9.52 Å². The number of anilines is 1. The van der Waals surface area contributed by atoms with E-state index in [-0.39, 0.29) is 28.4 Å². The maximum absolute atomic E-state index is 12.5. The van der Waals surface area contributed by atoms with Crippen molar-refractivity contribution in [3.63, 3.8) is 0 Å². The van der Waals surface area contributed by atoms with Gasteiger partial charge in [-0.25, -0.2) is 13.4 Å². The number of benzene rings is 1. The Balaban J connectivity index is 2.15. The molecule has 1 N–H and O–H groups in total. The Labute approximate surface area is 156 Å². The van der Waals surface area contributed by atoms with E-state index in [1.807, 2.05) is 13.8 Å². The molecule has 0 saturated heterocycles. The van der Waals surface area contributed by atoms with Gasteiger partial charge in [0.2, 0.25) is 5.91 Å². The van der Waals surface area contributed by atoms with Crippen molar-refractivity contribution in [2.75, 3.05) is 11.8 Å². The molecule has 25 heavy (non-hydrogen) atoms. The van der Waals surface area contributed by atoms with E-state index in [2.05, 4.69) is 9.71 Å². The van der Waals surface area contributed by atoms with Gasteiger partial charge in [-0.1, -0.05) is 17.7 Å². The zero-order valence-electron chi connectivity index (χ0n) is 14.4. The molecule has 0 unspecified atom stereocenters. The van der Waals surface area contributed by atoms with Crippen LogP contribution in [0.25, 0.3) is 0 Å². The Kier molecular flexibility index (Phi) is 6.08. The maximum atomic E-state index is 12.5. The second-order valence-electron chi connectivity index (χ2n) is 5.88. The van der Waals surface area contributed by atoms with E-state index in [1.54, 1.807) is 31.0 Å². The number of nitrogens with zero attached hydrogens (tertiary/aromatic N) is 2. The van der Waals surface area contributed by atoms with Crippen LogP contribution in [0.4, 0.5) is 5.13 Å². The summed E-state index contributed by atoms with van der Waals surface area (Å²) in [5.41, 5.74) is 0.474. The molecular formula is C16H20ClN3O3S2. The van der Waals surface area contributed by atoms with Crippen molar-refractivity contribution < 1.29 is 13.2 Å². The lowest BCUT2D eigenvalue weighted by Gasteiger charge is -2.20. The van der Waals surface area contributed by atoms with Gasteiger partial charge in [0.1, 0.15) is 0 Å². The average molecular weight is 402 g/mol. The van der Waals surface area contributed by atoms with E-state index in [1.165, 1.54) is 12.3 Å². The van der Waals surface area contributed by atoms with Gasteiger partial charge >= 0.3 is 0 Å². The SMILES string of the molecule is Cc1c(Cl)cccc1S(=O)(=O)Nc1ncc(CC(=O)N(C)C(C)C)s1. The predicted octanol–water partition coefficient (Wildman–Crippen LogP) is 3.32. The summed E-state index contributed by atoms with van der Waals surface area (Å²) in [5.74, 6) is -0.0428. The van der Waals surface area contributed by atoms with Gasteiger partial charge in [0.25, 0.3) is 10.0 Å². The molecule has 1 aromatic heterocycles. The first-order valence-corrected chi connectivity index (χ1v) is 10.3. The van der Waals surface area contributed by atoms with Gasteiger partial charge < -0.3 is 4.90 Å². The van der Waals surface area contributed by atoms with Crippen LogP contribution in [0.3, 0.4) is 0 Å². The highest BCUT2D eigenvalue weighted by Gasteiger charge is 2.20. The normalized spacial score (nSPS) is 11.6. The fourth-order valence-corrected chi connectivity index (χ4v) is 4.59. The van der Waals surface area contributed by atoms with Gasteiger partial charge in [0.05, 0.1) is 11.3 Å². The van der Waals surface area contributed by atoms with Crippen molar-refractivity contribution in [3.05, 3.63) is 39.9 Å². The van der Waals surface area contributed by atoms with E-state index >= 15 is 0 Å². The number of aromatic nitrogens is 1. The first kappa shape index (κ1) is 19.7. The summed E-state index contributed by atoms with van der Waals surface area (Å²) in [6, 6.07) is 4.80. The molecule has 1 heterocycles. The molecular weight excluding hydrogens is 382 g/mol. The third-order valence-electron chi connectivity index (χ3n) is 3.78. The molecule has 0 fully saturated rings. The van der Waals surface area contributed by atoms with Crippen LogP contribution < -0.4 is 4.72 Å². The number of carbonyl (C=O) groups excluding carboxylic acids is 1. The first-order chi connectivity index (χ1) is 11.6. The summed E-state index contributed by atoms with van der Waals surface area (Å²) < 4.78 is 27.5. The number of amides is 1. The van der Waals surface area contributed by atoms with Crippen LogP contribution in [0.2, 0.25) is 5.02 Å². The number of hydrogen-bond acceptors (Lipinski definition) is 5. The zero-order valence-corrected chi connectivity index (χ0v) is 16.8. The number of carbonyl (C=O) groups is 1. The Morgan fingerprint density at radius 3 is 2.72 bits per heavy atom. The molecule has 1 aromatic carbocycles. The van der Waals surface area contributed by atoms with Crippen molar-refractivity contribution in [2.24, 2.45) is 0 Å². The monoisotopic (exact) mass is 401 g/mol. The zero-order chi connectivity index (χ0) is 18.8. The lowest BCUT2D eigenvalue weighted by molar-refractivity contribution is -0.130. The van der Waals surface area contributed by atoms with Crippen molar-refractivity contribution >= 4 is 44.0 Å². The second-order valence-corrected chi connectivity index (χ2v) is 9.05. The fourth-order valence-electron chi connectivity index (χ4n) is 2.05. The molecule has 0 bridgehead atoms. The molecule has 0 radical (unpaired) electrons. The molecule has 2 aromatic rings. The summed E-state index contributed by atoms with van der Waals surface area (Å²) in [4.78, 5) is 18.6. The maximum Gasteiger partial charge on any atom is 0.263 e. The third-order valence-corrected chi connectivity index (χ3v) is 6.71. The lowest BCUT2D eigenvalue weighted by atomic mass is 10.2. The smallest absolute Gasteiger partial charge is 0.263 e. The van der Waals surface area contributed by atoms with Gasteiger partial charge in [0, 0.05) is 29.2 Å². The van der Waals surface area contributed by atoms with Gasteiger partial charge in [-0.05, 0) is 38.5 Å². The molecule has 2 rings (SSSR count). The second kappa shape index (κ2) is 7.72. The highest BCUT2D eigenvalue weighted by Crippen LogP contribution is 2.26. The number of hydrogen-bond donors (Lipinski definition) is 1. The first-order valence-electron chi connectivity index (χ1n) is 7.60. The quantitative estimate of drug-likeness (QED) is 0.805. The van der Waals surface area contributed by atoms with Crippen molar-refractivity contribution in [3.8, 4) is 0 Å². The van der Waals surface area contributed by atoms with Crippen molar-refractivity contribution in [2.45, 2.75) is 38.1 Å². The minimum atomic E-state index is -3.79. The van der Waals surface area contributed by atoms with E-state index in [9.17, 15) is 13.2 Å². The Bertz CT molecular complexity index is 879. The van der Waals surface area contributed by atoms with E-state index in [0.717, 1.165) is 11.3 Å². The summed E-state index contributed by atoms with van der Waals surface area (Å²) in [7, 11) is -2.06. The van der Waals surface area contributed by atoms with E-state index in [4.69, 9.17) is 11.6 Å². The molecule has 0 aliphatic rings. The molecule has 9 heteroatoms. The van der Waals surface area contributed by atoms with Gasteiger partial charge in [-0.15, -0.1) is 11.3 Å². The highest BCUT2D eigenvalue weighted by molar-refractivity contribution is 7.93. The number of likely N-dealkylation sites (N-methyl/N-ethyl adjacent to an activating group) is 1. The molecule has 136 valence electrons.